The Morgan fingerprint density at radius 2 is 2.21 bits per heavy atom. The van der Waals surface area contributed by atoms with Gasteiger partial charge in [-0.15, -0.1) is 0 Å². The minimum atomic E-state index is -0.942. The number of benzene rings is 1. The summed E-state index contributed by atoms with van der Waals surface area (Å²) in [5.74, 6) is -0.801. The first-order chi connectivity index (χ1) is 9.01. The first kappa shape index (κ1) is 15.3. The molecule has 0 heterocycles. The zero-order valence-corrected chi connectivity index (χ0v) is 11.3. The molecule has 5 nitrogen and oxygen atoms in total. The van der Waals surface area contributed by atoms with Gasteiger partial charge in [-0.2, -0.15) is 0 Å². The molecule has 1 unspecified atom stereocenters. The van der Waals surface area contributed by atoms with E-state index in [4.69, 9.17) is 21.4 Å². The lowest BCUT2D eigenvalue weighted by Gasteiger charge is -2.15. The molecule has 2 N–H and O–H groups in total. The fourth-order valence-electron chi connectivity index (χ4n) is 1.48. The third-order valence-corrected chi connectivity index (χ3v) is 2.68. The van der Waals surface area contributed by atoms with Crippen molar-refractivity contribution in [2.45, 2.75) is 25.8 Å². The number of hydrogen-bond acceptors (Lipinski definition) is 3. The molecule has 0 aliphatic rings. The van der Waals surface area contributed by atoms with Gasteiger partial charge in [0.1, 0.15) is 5.75 Å². The van der Waals surface area contributed by atoms with Gasteiger partial charge in [0, 0.05) is 11.1 Å². The van der Waals surface area contributed by atoms with Crippen molar-refractivity contribution >= 4 is 23.5 Å². The van der Waals surface area contributed by atoms with E-state index in [1.165, 1.54) is 0 Å². The smallest absolute Gasteiger partial charge is 0.305 e. The molecule has 0 aromatic heterocycles. The van der Waals surface area contributed by atoms with Gasteiger partial charge in [0.05, 0.1) is 6.42 Å². The number of halogens is 1. The fraction of sp³-hybridized carbons (Fsp3) is 0.385. The molecule has 0 radical (unpaired) electrons. The first-order valence-electron chi connectivity index (χ1n) is 5.90. The van der Waals surface area contributed by atoms with Crippen LogP contribution in [0, 0.1) is 0 Å². The average molecular weight is 286 g/mol. The van der Waals surface area contributed by atoms with Crippen LogP contribution < -0.4 is 10.1 Å². The summed E-state index contributed by atoms with van der Waals surface area (Å²) in [6.07, 6.45) is 0.453. The summed E-state index contributed by atoms with van der Waals surface area (Å²) in [6, 6.07) is 6.33. The highest BCUT2D eigenvalue weighted by molar-refractivity contribution is 6.30. The molecule has 0 bridgehead atoms. The molecule has 6 heteroatoms. The van der Waals surface area contributed by atoms with E-state index in [9.17, 15) is 9.59 Å². The van der Waals surface area contributed by atoms with Crippen molar-refractivity contribution in [3.63, 3.8) is 0 Å². The van der Waals surface area contributed by atoms with E-state index in [0.29, 0.717) is 17.2 Å². The molecular formula is C13H16ClNO4. The maximum atomic E-state index is 11.6. The summed E-state index contributed by atoms with van der Waals surface area (Å²) in [5, 5.41) is 11.8. The topological polar surface area (TPSA) is 75.6 Å². The van der Waals surface area contributed by atoms with Crippen molar-refractivity contribution < 1.29 is 19.4 Å². The standard InChI is InChI=1S/C13H16ClNO4/c1-2-10(7-13(17)18)15-12(16)8-19-11-5-3-4-9(14)6-11/h3-6,10H,2,7-8H2,1H3,(H,15,16)(H,17,18). The van der Waals surface area contributed by atoms with Crippen LogP contribution in [-0.4, -0.2) is 29.6 Å². The third-order valence-electron chi connectivity index (χ3n) is 2.44. The van der Waals surface area contributed by atoms with Crippen LogP contribution in [0.3, 0.4) is 0 Å². The van der Waals surface area contributed by atoms with Crippen LogP contribution in [0.4, 0.5) is 0 Å². The van der Waals surface area contributed by atoms with Gasteiger partial charge in [-0.25, -0.2) is 0 Å². The lowest BCUT2D eigenvalue weighted by atomic mass is 10.1. The molecule has 1 rings (SSSR count). The van der Waals surface area contributed by atoms with Gasteiger partial charge >= 0.3 is 5.97 Å². The van der Waals surface area contributed by atoms with E-state index in [2.05, 4.69) is 5.32 Å². The number of amides is 1. The number of ether oxygens (including phenoxy) is 1. The van der Waals surface area contributed by atoms with Crippen molar-refractivity contribution in [1.82, 2.24) is 5.32 Å². The third kappa shape index (κ3) is 6.10. The van der Waals surface area contributed by atoms with E-state index < -0.39 is 5.97 Å². The Morgan fingerprint density at radius 1 is 1.47 bits per heavy atom. The van der Waals surface area contributed by atoms with E-state index in [0.717, 1.165) is 0 Å². The zero-order valence-electron chi connectivity index (χ0n) is 10.6. The predicted octanol–water partition coefficient (Wildman–Crippen LogP) is 2.09. The number of rotatable bonds is 7. The summed E-state index contributed by atoms with van der Waals surface area (Å²) >= 11 is 5.78. The largest absolute Gasteiger partial charge is 0.484 e. The summed E-state index contributed by atoms with van der Waals surface area (Å²) in [5.41, 5.74) is 0. The van der Waals surface area contributed by atoms with Crippen molar-refractivity contribution in [2.24, 2.45) is 0 Å². The number of carboxylic acids is 1. The monoisotopic (exact) mass is 285 g/mol. The summed E-state index contributed by atoms with van der Waals surface area (Å²) in [6.45, 7) is 1.64. The molecule has 0 saturated carbocycles. The lowest BCUT2D eigenvalue weighted by molar-refractivity contribution is -0.137. The van der Waals surface area contributed by atoms with Crippen LogP contribution in [0.1, 0.15) is 19.8 Å². The highest BCUT2D eigenvalue weighted by atomic mass is 35.5. The maximum Gasteiger partial charge on any atom is 0.305 e. The van der Waals surface area contributed by atoms with Gasteiger partial charge in [0.15, 0.2) is 6.61 Å². The van der Waals surface area contributed by atoms with Crippen LogP contribution >= 0.6 is 11.6 Å². The van der Waals surface area contributed by atoms with Gasteiger partial charge in [-0.05, 0) is 24.6 Å². The number of carboxylic acid groups (broad SMARTS) is 1. The maximum absolute atomic E-state index is 11.6. The molecule has 0 spiro atoms. The van der Waals surface area contributed by atoms with Gasteiger partial charge in [0.25, 0.3) is 5.91 Å². The Hall–Kier alpha value is -1.75. The average Bonchev–Trinajstić information content (AvgIpc) is 2.35. The Balaban J connectivity index is 2.40. The quantitative estimate of drug-likeness (QED) is 0.804. The van der Waals surface area contributed by atoms with Crippen LogP contribution in [-0.2, 0) is 9.59 Å². The fourth-order valence-corrected chi connectivity index (χ4v) is 1.66. The molecule has 0 saturated heterocycles. The van der Waals surface area contributed by atoms with Gasteiger partial charge in [0.2, 0.25) is 0 Å². The van der Waals surface area contributed by atoms with Gasteiger partial charge in [-0.3, -0.25) is 9.59 Å². The Morgan fingerprint density at radius 3 is 2.79 bits per heavy atom. The minimum Gasteiger partial charge on any atom is -0.484 e. The second kappa shape index (κ2) is 7.63. The van der Waals surface area contributed by atoms with Gasteiger partial charge in [-0.1, -0.05) is 24.6 Å². The van der Waals surface area contributed by atoms with Crippen LogP contribution in [0.15, 0.2) is 24.3 Å². The molecule has 0 aliphatic carbocycles. The van der Waals surface area contributed by atoms with Crippen molar-refractivity contribution in [1.29, 1.82) is 0 Å². The molecule has 19 heavy (non-hydrogen) atoms. The van der Waals surface area contributed by atoms with E-state index in [1.54, 1.807) is 24.3 Å². The molecule has 1 atom stereocenters. The molecule has 0 aliphatic heterocycles. The molecular weight excluding hydrogens is 270 g/mol. The van der Waals surface area contributed by atoms with Crippen LogP contribution in [0.5, 0.6) is 5.75 Å². The number of aliphatic carboxylic acids is 1. The van der Waals surface area contributed by atoms with Crippen molar-refractivity contribution in [2.75, 3.05) is 6.61 Å². The highest BCUT2D eigenvalue weighted by Crippen LogP contribution is 2.16. The predicted molar refractivity (Wildman–Crippen MR) is 71.4 cm³/mol. The highest BCUT2D eigenvalue weighted by Gasteiger charge is 2.14. The second-order valence-electron chi connectivity index (χ2n) is 4.02. The van der Waals surface area contributed by atoms with Crippen molar-refractivity contribution in [3.05, 3.63) is 29.3 Å². The Kier molecular flexibility index (Phi) is 6.15. The number of hydrogen-bond donors (Lipinski definition) is 2. The number of carbonyl (C=O) groups is 2. The zero-order chi connectivity index (χ0) is 14.3. The molecule has 0 fully saturated rings. The van der Waals surface area contributed by atoms with Crippen LogP contribution in [0.25, 0.3) is 0 Å². The second-order valence-corrected chi connectivity index (χ2v) is 4.45. The Bertz CT molecular complexity index is 450. The number of nitrogens with one attached hydrogen (secondary N) is 1. The lowest BCUT2D eigenvalue weighted by Crippen LogP contribution is -2.38. The summed E-state index contributed by atoms with van der Waals surface area (Å²) in [7, 11) is 0. The number of carbonyl (C=O) groups excluding carboxylic acids is 1. The normalized spacial score (nSPS) is 11.7. The minimum absolute atomic E-state index is 0.0978. The molecule has 1 amide bonds. The first-order valence-corrected chi connectivity index (χ1v) is 6.28. The summed E-state index contributed by atoms with van der Waals surface area (Å²) in [4.78, 5) is 22.2. The van der Waals surface area contributed by atoms with Crippen molar-refractivity contribution in [3.8, 4) is 5.75 Å². The summed E-state index contributed by atoms with van der Waals surface area (Å²) < 4.78 is 5.26. The van der Waals surface area contributed by atoms with Gasteiger partial charge < -0.3 is 15.2 Å². The van der Waals surface area contributed by atoms with Crippen LogP contribution in [0.2, 0.25) is 5.02 Å². The molecule has 1 aromatic carbocycles. The van der Waals surface area contributed by atoms with E-state index in [-0.39, 0.29) is 25.0 Å². The van der Waals surface area contributed by atoms with E-state index in [1.807, 2.05) is 6.92 Å². The molecule has 1 aromatic rings. The SMILES string of the molecule is CCC(CC(=O)O)NC(=O)COc1cccc(Cl)c1. The van der Waals surface area contributed by atoms with E-state index >= 15 is 0 Å². The molecule has 104 valence electrons. The Labute approximate surface area is 116 Å².